The summed E-state index contributed by atoms with van der Waals surface area (Å²) in [5.41, 5.74) is 4.35. The molecule has 4 heterocycles. The van der Waals surface area contributed by atoms with Crippen molar-refractivity contribution in [3.8, 4) is 10.8 Å². The van der Waals surface area contributed by atoms with Gasteiger partial charge in [0.05, 0.1) is 23.0 Å². The van der Waals surface area contributed by atoms with E-state index in [9.17, 15) is 13.6 Å². The second kappa shape index (κ2) is 7.04. The van der Waals surface area contributed by atoms with Crippen LogP contribution >= 0.6 is 11.3 Å². The first kappa shape index (κ1) is 18.1. The predicted octanol–water partition coefficient (Wildman–Crippen LogP) is 3.89. The van der Waals surface area contributed by atoms with Crippen LogP contribution in [-0.2, 0) is 0 Å². The number of nitrogens with zero attached hydrogens (tertiary/aromatic N) is 5. The monoisotopic (exact) mass is 400 g/mol. The molecule has 142 valence electrons. The van der Waals surface area contributed by atoms with Crippen LogP contribution in [0.15, 0.2) is 36.2 Å². The number of nitrogens with one attached hydrogen (secondary N) is 1. The Labute approximate surface area is 162 Å². The second-order valence-corrected chi connectivity index (χ2v) is 6.93. The van der Waals surface area contributed by atoms with Gasteiger partial charge in [0.2, 0.25) is 0 Å². The highest BCUT2D eigenvalue weighted by Crippen LogP contribution is 2.28. The fourth-order valence-electron chi connectivity index (χ4n) is 2.79. The van der Waals surface area contributed by atoms with E-state index in [1.165, 1.54) is 46.9 Å². The zero-order valence-corrected chi connectivity index (χ0v) is 15.7. The third kappa shape index (κ3) is 3.22. The number of aryl methyl sites for hydroxylation is 2. The Balaban J connectivity index is 1.65. The average molecular weight is 400 g/mol. The lowest BCUT2D eigenvalue weighted by Crippen LogP contribution is -2.23. The number of alkyl halides is 2. The molecule has 10 heteroatoms. The van der Waals surface area contributed by atoms with Crippen LogP contribution in [0, 0.1) is 13.8 Å². The van der Waals surface area contributed by atoms with Gasteiger partial charge < -0.3 is 0 Å². The topological polar surface area (TPSA) is 85.6 Å². The molecule has 0 atom stereocenters. The predicted molar refractivity (Wildman–Crippen MR) is 101 cm³/mol. The number of carbonyl (C=O) groups is 1. The zero-order chi connectivity index (χ0) is 19.8. The van der Waals surface area contributed by atoms with E-state index in [1.807, 2.05) is 12.3 Å². The van der Waals surface area contributed by atoms with E-state index in [0.29, 0.717) is 27.4 Å². The van der Waals surface area contributed by atoms with Crippen LogP contribution in [0.3, 0.4) is 0 Å². The van der Waals surface area contributed by atoms with Crippen LogP contribution in [0.25, 0.3) is 21.7 Å². The molecule has 7 nitrogen and oxygen atoms in total. The Hall–Kier alpha value is -3.27. The minimum atomic E-state index is -2.67. The van der Waals surface area contributed by atoms with Gasteiger partial charge in [-0.05, 0) is 19.9 Å². The number of hydrogen-bond donors (Lipinski definition) is 1. The summed E-state index contributed by atoms with van der Waals surface area (Å²) in [5, 5.41) is 2.88. The first-order chi connectivity index (χ1) is 13.4. The molecule has 0 aromatic carbocycles. The largest absolute Gasteiger partial charge is 0.273 e. The van der Waals surface area contributed by atoms with Gasteiger partial charge in [-0.15, -0.1) is 11.3 Å². The maximum atomic E-state index is 13.3. The van der Waals surface area contributed by atoms with Gasteiger partial charge in [0.1, 0.15) is 0 Å². The number of halogens is 2. The van der Waals surface area contributed by atoms with E-state index < -0.39 is 12.3 Å². The minimum absolute atomic E-state index is 0.180. The van der Waals surface area contributed by atoms with Crippen molar-refractivity contribution in [2.75, 3.05) is 5.43 Å². The molecule has 1 amide bonds. The summed E-state index contributed by atoms with van der Waals surface area (Å²) in [4.78, 5) is 29.5. The van der Waals surface area contributed by atoms with Gasteiger partial charge in [-0.3, -0.25) is 19.9 Å². The molecule has 4 aromatic heterocycles. The Morgan fingerprint density at radius 2 is 2.07 bits per heavy atom. The Morgan fingerprint density at radius 1 is 1.25 bits per heavy atom. The molecular formula is C18H14F2N6OS. The molecule has 0 aliphatic carbocycles. The minimum Gasteiger partial charge on any atom is -0.267 e. The number of thiazole rings is 1. The Kier molecular flexibility index (Phi) is 4.55. The molecule has 0 radical (unpaired) electrons. The number of rotatable bonds is 4. The van der Waals surface area contributed by atoms with Crippen LogP contribution in [0.4, 0.5) is 8.78 Å². The van der Waals surface area contributed by atoms with Gasteiger partial charge in [-0.1, -0.05) is 0 Å². The molecule has 0 saturated heterocycles. The molecule has 1 N–H and O–H groups in total. The maximum absolute atomic E-state index is 13.3. The quantitative estimate of drug-likeness (QED) is 0.562. The lowest BCUT2D eigenvalue weighted by molar-refractivity contribution is 0.101. The SMILES string of the molecule is Cc1csc(-c2ncc(C(=O)Nn3cc(C(F)F)c4ccncc43)c(C)n2)n1. The van der Waals surface area contributed by atoms with E-state index in [-0.39, 0.29) is 11.1 Å². The number of hydrogen-bond acceptors (Lipinski definition) is 6. The summed E-state index contributed by atoms with van der Waals surface area (Å²) in [6.07, 6.45) is 2.77. The van der Waals surface area contributed by atoms with Crippen molar-refractivity contribution in [2.24, 2.45) is 0 Å². The summed E-state index contributed by atoms with van der Waals surface area (Å²) < 4.78 is 27.8. The van der Waals surface area contributed by atoms with E-state index in [0.717, 1.165) is 5.69 Å². The molecule has 4 rings (SSSR count). The van der Waals surface area contributed by atoms with Crippen molar-refractivity contribution in [3.63, 3.8) is 0 Å². The first-order valence-electron chi connectivity index (χ1n) is 8.24. The van der Waals surface area contributed by atoms with Crippen LogP contribution in [0.2, 0.25) is 0 Å². The number of carbonyl (C=O) groups excluding carboxylic acids is 1. The summed E-state index contributed by atoms with van der Waals surface area (Å²) in [7, 11) is 0. The number of fused-ring (bicyclic) bond motifs is 1. The third-order valence-corrected chi connectivity index (χ3v) is 5.09. The molecule has 0 aliphatic heterocycles. The second-order valence-electron chi connectivity index (χ2n) is 6.08. The van der Waals surface area contributed by atoms with Crippen LogP contribution in [0.1, 0.15) is 33.7 Å². The molecule has 28 heavy (non-hydrogen) atoms. The highest BCUT2D eigenvalue weighted by Gasteiger charge is 2.19. The maximum Gasteiger partial charge on any atom is 0.273 e. The van der Waals surface area contributed by atoms with E-state index in [2.05, 4.69) is 25.4 Å². The fraction of sp³-hybridized carbons (Fsp3) is 0.167. The van der Waals surface area contributed by atoms with Crippen molar-refractivity contribution in [1.29, 1.82) is 0 Å². The number of amides is 1. The smallest absolute Gasteiger partial charge is 0.267 e. The highest BCUT2D eigenvalue weighted by molar-refractivity contribution is 7.13. The van der Waals surface area contributed by atoms with Crippen molar-refractivity contribution in [2.45, 2.75) is 20.3 Å². The number of pyridine rings is 1. The van der Waals surface area contributed by atoms with Crippen LogP contribution in [-0.4, -0.2) is 30.5 Å². The van der Waals surface area contributed by atoms with Crippen molar-refractivity contribution in [3.05, 3.63) is 58.7 Å². The van der Waals surface area contributed by atoms with Crippen molar-refractivity contribution >= 4 is 28.1 Å². The summed E-state index contributed by atoms with van der Waals surface area (Å²) in [6.45, 7) is 3.55. The molecule has 0 fully saturated rings. The molecule has 0 bridgehead atoms. The van der Waals surface area contributed by atoms with Gasteiger partial charge in [-0.2, -0.15) is 0 Å². The van der Waals surface area contributed by atoms with Gasteiger partial charge in [0, 0.05) is 40.6 Å². The van der Waals surface area contributed by atoms with Gasteiger partial charge in [0.25, 0.3) is 12.3 Å². The third-order valence-electron chi connectivity index (χ3n) is 4.13. The fourth-order valence-corrected chi connectivity index (χ4v) is 3.52. The van der Waals surface area contributed by atoms with E-state index in [1.54, 1.807) is 6.92 Å². The van der Waals surface area contributed by atoms with Gasteiger partial charge in [0.15, 0.2) is 10.8 Å². The van der Waals surface area contributed by atoms with E-state index >= 15 is 0 Å². The molecule has 4 aromatic rings. The summed E-state index contributed by atoms with van der Waals surface area (Å²) in [6, 6.07) is 1.48. The summed E-state index contributed by atoms with van der Waals surface area (Å²) >= 11 is 1.42. The number of aromatic nitrogens is 5. The van der Waals surface area contributed by atoms with Gasteiger partial charge in [-0.25, -0.2) is 23.7 Å². The zero-order valence-electron chi connectivity index (χ0n) is 14.8. The van der Waals surface area contributed by atoms with Crippen LogP contribution < -0.4 is 5.43 Å². The normalized spacial score (nSPS) is 11.3. The molecule has 0 aliphatic rings. The average Bonchev–Trinajstić information content (AvgIpc) is 3.26. The van der Waals surface area contributed by atoms with Crippen LogP contribution in [0.5, 0.6) is 0 Å². The molecule has 0 unspecified atom stereocenters. The lowest BCUT2D eigenvalue weighted by Gasteiger charge is -2.09. The first-order valence-corrected chi connectivity index (χ1v) is 9.12. The Bertz CT molecular complexity index is 1190. The van der Waals surface area contributed by atoms with E-state index in [4.69, 9.17) is 0 Å². The highest BCUT2D eigenvalue weighted by atomic mass is 32.1. The standard InChI is InChI=1S/C18H14F2N6OS/c1-9-8-28-18(23-9)16-22-5-12(10(2)24-16)17(27)25-26-7-13(15(19)20)11-3-4-21-6-14(11)26/h3-8,15H,1-2H3,(H,25,27). The molecule has 0 spiro atoms. The van der Waals surface area contributed by atoms with Crippen molar-refractivity contribution in [1.82, 2.24) is 24.6 Å². The van der Waals surface area contributed by atoms with Crippen molar-refractivity contribution < 1.29 is 13.6 Å². The van der Waals surface area contributed by atoms with Gasteiger partial charge >= 0.3 is 0 Å². The lowest BCUT2D eigenvalue weighted by atomic mass is 10.2. The molecule has 0 saturated carbocycles. The summed E-state index contributed by atoms with van der Waals surface area (Å²) in [5.74, 6) is -0.0799. The molecular weight excluding hydrogens is 386 g/mol. The Morgan fingerprint density at radius 3 is 2.75 bits per heavy atom.